The number of nitrogens with two attached hydrogens (primary N) is 1. The highest BCUT2D eigenvalue weighted by Gasteiger charge is 2.32. The van der Waals surface area contributed by atoms with Crippen molar-refractivity contribution in [2.45, 2.75) is 23.5 Å². The third kappa shape index (κ3) is 3.05. The lowest BCUT2D eigenvalue weighted by atomic mass is 10.3. The van der Waals surface area contributed by atoms with Crippen molar-refractivity contribution in [3.05, 3.63) is 23.0 Å². The van der Waals surface area contributed by atoms with E-state index >= 15 is 0 Å². The van der Waals surface area contributed by atoms with Crippen LogP contribution in [0.3, 0.4) is 0 Å². The van der Waals surface area contributed by atoms with E-state index < -0.39 is 20.7 Å². The van der Waals surface area contributed by atoms with E-state index in [1.165, 1.54) is 10.4 Å². The molecular weight excluding hydrogens is 323 g/mol. The fourth-order valence-corrected chi connectivity index (χ4v) is 5.36. The summed E-state index contributed by atoms with van der Waals surface area (Å²) in [5.41, 5.74) is 5.20. The molecule has 1 saturated heterocycles. The van der Waals surface area contributed by atoms with Crippen molar-refractivity contribution in [2.75, 3.05) is 24.6 Å². The van der Waals surface area contributed by atoms with Crippen molar-refractivity contribution in [3.63, 3.8) is 0 Å². The van der Waals surface area contributed by atoms with Crippen molar-refractivity contribution in [1.29, 1.82) is 0 Å². The summed E-state index contributed by atoms with van der Waals surface area (Å²) in [4.78, 5) is -0.441. The first-order valence-electron chi connectivity index (χ1n) is 6.22. The minimum atomic E-state index is -3.90. The van der Waals surface area contributed by atoms with Crippen LogP contribution >= 0.6 is 23.4 Å². The van der Waals surface area contributed by atoms with Crippen LogP contribution in [0.5, 0.6) is 0 Å². The molecule has 2 N–H and O–H groups in total. The Kier molecular flexibility index (Phi) is 4.84. The Morgan fingerprint density at radius 1 is 1.55 bits per heavy atom. The van der Waals surface area contributed by atoms with Crippen LogP contribution in [-0.4, -0.2) is 36.8 Å². The minimum Gasteiger partial charge on any atom is -0.396 e. The minimum absolute atomic E-state index is 0.112. The van der Waals surface area contributed by atoms with E-state index in [0.29, 0.717) is 18.8 Å². The average molecular weight is 339 g/mol. The van der Waals surface area contributed by atoms with Crippen molar-refractivity contribution >= 4 is 39.1 Å². The molecule has 1 unspecified atom stereocenters. The van der Waals surface area contributed by atoms with Gasteiger partial charge in [-0.15, -0.1) is 0 Å². The lowest BCUT2D eigenvalue weighted by Gasteiger charge is -2.31. The van der Waals surface area contributed by atoms with Gasteiger partial charge in [0, 0.05) is 29.1 Å². The Bertz CT molecular complexity index is 610. The number of thioether (sulfide) groups is 1. The molecule has 0 saturated carbocycles. The molecule has 1 aliphatic heterocycles. The predicted octanol–water partition coefficient (Wildman–Crippen LogP) is 2.58. The predicted molar refractivity (Wildman–Crippen MR) is 81.1 cm³/mol. The number of anilines is 1. The number of nitrogen functional groups attached to an aromatic ring is 1. The molecule has 1 atom stereocenters. The van der Waals surface area contributed by atoms with Gasteiger partial charge in [0.1, 0.15) is 4.90 Å². The maximum absolute atomic E-state index is 14.0. The van der Waals surface area contributed by atoms with Crippen molar-refractivity contribution in [2.24, 2.45) is 0 Å². The second kappa shape index (κ2) is 6.09. The summed E-state index contributed by atoms with van der Waals surface area (Å²) in [6.07, 6.45) is 0.872. The number of sulfonamides is 1. The molecule has 0 bridgehead atoms. The van der Waals surface area contributed by atoms with Crippen LogP contribution in [-0.2, 0) is 10.0 Å². The van der Waals surface area contributed by atoms with Crippen molar-refractivity contribution in [3.8, 4) is 0 Å². The molecule has 0 spiro atoms. The van der Waals surface area contributed by atoms with Gasteiger partial charge in [0.15, 0.2) is 5.82 Å². The van der Waals surface area contributed by atoms with Crippen molar-refractivity contribution < 1.29 is 12.8 Å². The van der Waals surface area contributed by atoms with Gasteiger partial charge in [0.05, 0.1) is 5.69 Å². The zero-order valence-corrected chi connectivity index (χ0v) is 13.4. The molecule has 1 heterocycles. The topological polar surface area (TPSA) is 63.4 Å². The van der Waals surface area contributed by atoms with Gasteiger partial charge in [0.2, 0.25) is 10.0 Å². The van der Waals surface area contributed by atoms with Crippen LogP contribution < -0.4 is 5.73 Å². The van der Waals surface area contributed by atoms with Crippen LogP contribution in [0, 0.1) is 5.82 Å². The van der Waals surface area contributed by atoms with Gasteiger partial charge in [-0.2, -0.15) is 16.1 Å². The fourth-order valence-electron chi connectivity index (χ4n) is 2.07. The number of rotatable bonds is 3. The zero-order chi connectivity index (χ0) is 14.9. The molecule has 0 amide bonds. The maximum Gasteiger partial charge on any atom is 0.246 e. The quantitative estimate of drug-likeness (QED) is 0.860. The molecule has 0 radical (unpaired) electrons. The van der Waals surface area contributed by atoms with Gasteiger partial charge >= 0.3 is 0 Å². The van der Waals surface area contributed by atoms with Gasteiger partial charge in [-0.3, -0.25) is 0 Å². The Hall–Kier alpha value is -0.500. The van der Waals surface area contributed by atoms with E-state index in [9.17, 15) is 12.8 Å². The Morgan fingerprint density at radius 2 is 2.25 bits per heavy atom. The number of nitrogens with zero attached hydrogens (tertiary/aromatic N) is 1. The Morgan fingerprint density at radius 3 is 2.90 bits per heavy atom. The normalized spacial score (nSPS) is 21.1. The largest absolute Gasteiger partial charge is 0.396 e. The molecule has 2 rings (SSSR count). The summed E-state index contributed by atoms with van der Waals surface area (Å²) in [6, 6.07) is 2.32. The summed E-state index contributed by atoms with van der Waals surface area (Å²) < 4.78 is 40.4. The molecule has 0 aliphatic carbocycles. The van der Waals surface area contributed by atoms with Crippen LogP contribution in [0.4, 0.5) is 10.1 Å². The third-order valence-corrected chi connectivity index (χ3v) is 6.66. The van der Waals surface area contributed by atoms with E-state index in [1.54, 1.807) is 11.8 Å². The van der Waals surface area contributed by atoms with Gasteiger partial charge in [-0.05, 0) is 18.6 Å². The van der Waals surface area contributed by atoms with Crippen LogP contribution in [0.1, 0.15) is 13.3 Å². The smallest absolute Gasteiger partial charge is 0.246 e. The molecule has 0 aromatic heterocycles. The summed E-state index contributed by atoms with van der Waals surface area (Å²) in [7, 11) is -3.90. The van der Waals surface area contributed by atoms with Gasteiger partial charge in [0.25, 0.3) is 0 Å². The van der Waals surface area contributed by atoms with E-state index in [2.05, 4.69) is 0 Å². The molecule has 4 nitrogen and oxygen atoms in total. The van der Waals surface area contributed by atoms with Gasteiger partial charge in [-0.1, -0.05) is 18.5 Å². The number of halogens is 2. The highest BCUT2D eigenvalue weighted by molar-refractivity contribution is 8.00. The average Bonchev–Trinajstić information content (AvgIpc) is 2.42. The summed E-state index contributed by atoms with van der Waals surface area (Å²) in [6.45, 7) is 2.76. The van der Waals surface area contributed by atoms with Crippen LogP contribution in [0.15, 0.2) is 17.0 Å². The molecule has 1 aromatic carbocycles. The molecule has 20 heavy (non-hydrogen) atoms. The standard InChI is InChI=1S/C12H16ClFN2O2S2/c1-2-9-7-16(3-4-19-9)20(17,18)11-6-8(13)5-10(15)12(11)14/h5-6,9H,2-4,7,15H2,1H3. The molecule has 112 valence electrons. The van der Waals surface area contributed by atoms with Crippen molar-refractivity contribution in [1.82, 2.24) is 4.31 Å². The lowest BCUT2D eigenvalue weighted by molar-refractivity contribution is 0.412. The molecule has 8 heteroatoms. The molecule has 1 aromatic rings. The van der Waals surface area contributed by atoms with Gasteiger partial charge in [-0.25, -0.2) is 12.8 Å². The van der Waals surface area contributed by atoms with Crippen LogP contribution in [0.25, 0.3) is 0 Å². The lowest BCUT2D eigenvalue weighted by Crippen LogP contribution is -2.42. The Labute approximate surface area is 127 Å². The molecular formula is C12H16ClFN2O2S2. The van der Waals surface area contributed by atoms with E-state index in [0.717, 1.165) is 12.5 Å². The van der Waals surface area contributed by atoms with Crippen LogP contribution in [0.2, 0.25) is 5.02 Å². The highest BCUT2D eigenvalue weighted by atomic mass is 35.5. The van der Waals surface area contributed by atoms with E-state index in [1.807, 2.05) is 6.92 Å². The summed E-state index contributed by atoms with van der Waals surface area (Å²) >= 11 is 7.53. The first-order valence-corrected chi connectivity index (χ1v) is 9.09. The third-order valence-electron chi connectivity index (χ3n) is 3.21. The maximum atomic E-state index is 14.0. The van der Waals surface area contributed by atoms with E-state index in [-0.39, 0.29) is 16.0 Å². The fraction of sp³-hybridized carbons (Fsp3) is 0.500. The molecule has 1 fully saturated rings. The second-order valence-electron chi connectivity index (χ2n) is 4.57. The monoisotopic (exact) mass is 338 g/mol. The summed E-state index contributed by atoms with van der Waals surface area (Å²) in [5.74, 6) is -0.226. The number of hydrogen-bond acceptors (Lipinski definition) is 4. The first-order chi connectivity index (χ1) is 9.36. The highest BCUT2D eigenvalue weighted by Crippen LogP contribution is 2.30. The number of benzene rings is 1. The number of hydrogen-bond donors (Lipinski definition) is 1. The molecule has 1 aliphatic rings. The first kappa shape index (κ1) is 15.9. The Balaban J connectivity index is 2.40. The SMILES string of the molecule is CCC1CN(S(=O)(=O)c2cc(Cl)cc(N)c2F)CCS1. The summed E-state index contributed by atoms with van der Waals surface area (Å²) in [5, 5.41) is 0.346. The second-order valence-corrected chi connectivity index (χ2v) is 8.32. The van der Waals surface area contributed by atoms with E-state index in [4.69, 9.17) is 17.3 Å². The van der Waals surface area contributed by atoms with Gasteiger partial charge < -0.3 is 5.73 Å². The zero-order valence-electron chi connectivity index (χ0n) is 11.0.